The Kier molecular flexibility index (Phi) is 5.91. The lowest BCUT2D eigenvalue weighted by Gasteiger charge is -2.43. The number of hydrogen-bond acceptors (Lipinski definition) is 0. The molecule has 3 aromatic rings. The average molecular weight is 421 g/mol. The summed E-state index contributed by atoms with van der Waals surface area (Å²) in [5, 5.41) is 6.00. The van der Waals surface area contributed by atoms with Gasteiger partial charge in [0.25, 0.3) is 0 Å². The van der Waals surface area contributed by atoms with Crippen molar-refractivity contribution in [3.8, 4) is 0 Å². The summed E-state index contributed by atoms with van der Waals surface area (Å²) in [6.07, 6.45) is 0. The van der Waals surface area contributed by atoms with E-state index in [4.69, 9.17) is 0 Å². The van der Waals surface area contributed by atoms with Crippen LogP contribution in [-0.2, 0) is 0 Å². The van der Waals surface area contributed by atoms with Gasteiger partial charge in [-0.2, -0.15) is 0 Å². The minimum Gasteiger partial charge on any atom is -0.0707 e. The monoisotopic (exact) mass is 420 g/mol. The zero-order valence-corrected chi connectivity index (χ0v) is 21.8. The molecule has 0 aliphatic carbocycles. The molecule has 0 saturated carbocycles. The number of aryl methyl sites for hydroxylation is 1. The van der Waals surface area contributed by atoms with Crippen LogP contribution in [0.1, 0.15) is 5.56 Å². The van der Waals surface area contributed by atoms with E-state index in [1.165, 1.54) is 28.4 Å². The molecule has 3 heteroatoms. The zero-order chi connectivity index (χ0) is 20.6. The van der Waals surface area contributed by atoms with Crippen LogP contribution in [0, 0.1) is 6.92 Å². The Hall–Kier alpha value is -1.43. The van der Waals surface area contributed by atoms with Crippen LogP contribution >= 0.6 is 0 Å². The van der Waals surface area contributed by atoms with Crippen molar-refractivity contribution in [1.82, 2.24) is 0 Å². The maximum atomic E-state index is 2.68. The first-order valence-electron chi connectivity index (χ1n) is 10.6. The lowest BCUT2D eigenvalue weighted by atomic mass is 10.1. The molecule has 148 valence electrons. The van der Waals surface area contributed by atoms with Crippen molar-refractivity contribution >= 4 is 44.4 Å². The second-order valence-electron chi connectivity index (χ2n) is 10.5. The third-order valence-electron chi connectivity index (χ3n) is 6.81. The van der Waals surface area contributed by atoms with E-state index < -0.39 is 23.3 Å². The molecule has 0 aromatic heterocycles. The highest BCUT2D eigenvalue weighted by molar-refractivity contribution is 7.51. The Labute approximate surface area is 174 Å². The molecule has 0 N–H and O–H groups in total. The number of benzene rings is 3. The molecule has 3 aromatic carbocycles. The van der Waals surface area contributed by atoms with Crippen molar-refractivity contribution in [2.75, 3.05) is 0 Å². The van der Waals surface area contributed by atoms with Crippen molar-refractivity contribution in [2.45, 2.75) is 58.3 Å². The lowest BCUT2D eigenvalue weighted by Crippen LogP contribution is -2.72. The van der Waals surface area contributed by atoms with Gasteiger partial charge in [0.1, 0.15) is 7.59 Å². The molecule has 1 atom stereocenters. The maximum Gasteiger partial charge on any atom is 0.107 e. The largest absolute Gasteiger partial charge is 0.107 e. The summed E-state index contributed by atoms with van der Waals surface area (Å²) in [7, 11) is -4.33. The number of hydrogen-bond donors (Lipinski definition) is 0. The van der Waals surface area contributed by atoms with Crippen LogP contribution < -0.4 is 10.4 Å². The van der Waals surface area contributed by atoms with Gasteiger partial charge in [-0.05, 0) is 17.7 Å². The van der Waals surface area contributed by atoms with Crippen LogP contribution in [0.4, 0.5) is 0 Å². The maximum absolute atomic E-state index is 2.68. The van der Waals surface area contributed by atoms with Gasteiger partial charge in [0.2, 0.25) is 0 Å². The van der Waals surface area contributed by atoms with Gasteiger partial charge >= 0.3 is 0 Å². The van der Waals surface area contributed by atoms with E-state index in [2.05, 4.69) is 113 Å². The Bertz CT molecular complexity index is 951. The first-order chi connectivity index (χ1) is 13.0. The Morgan fingerprint density at radius 2 is 1.18 bits per heavy atom. The Balaban J connectivity index is 2.16. The smallest absolute Gasteiger partial charge is 0.0707 e. The fourth-order valence-corrected chi connectivity index (χ4v) is 22.1. The fraction of sp³-hybridized carbons (Fsp3) is 0.360. The van der Waals surface area contributed by atoms with Crippen LogP contribution in [0.25, 0.3) is 10.8 Å². The van der Waals surface area contributed by atoms with E-state index in [1.807, 2.05) is 0 Å². The normalized spacial score (nSPS) is 14.8. The molecule has 0 saturated heterocycles. The molecule has 0 amide bonds. The van der Waals surface area contributed by atoms with Crippen LogP contribution in [0.15, 0.2) is 66.7 Å². The van der Waals surface area contributed by atoms with E-state index in [1.54, 1.807) is 10.4 Å². The fourth-order valence-electron chi connectivity index (χ4n) is 4.27. The predicted octanol–water partition coefficient (Wildman–Crippen LogP) is 6.47. The summed E-state index contributed by atoms with van der Waals surface area (Å²) in [6.45, 7) is 17.8. The van der Waals surface area contributed by atoms with Crippen molar-refractivity contribution in [3.05, 3.63) is 72.3 Å². The highest BCUT2D eigenvalue weighted by Crippen LogP contribution is 2.29. The van der Waals surface area contributed by atoms with Gasteiger partial charge in [0.15, 0.2) is 0 Å². The quantitative estimate of drug-likeness (QED) is 0.401. The third-order valence-corrected chi connectivity index (χ3v) is 26.8. The molecule has 28 heavy (non-hydrogen) atoms. The molecule has 0 spiro atoms. The summed E-state index contributed by atoms with van der Waals surface area (Å²) in [5.41, 5.74) is 1.36. The molecular weight excluding hydrogens is 385 g/mol. The van der Waals surface area contributed by atoms with Crippen molar-refractivity contribution in [2.24, 2.45) is 0 Å². The topological polar surface area (TPSA) is 0 Å². The summed E-state index contributed by atoms with van der Waals surface area (Å²) >= 11 is 0. The Morgan fingerprint density at radius 1 is 0.607 bits per heavy atom. The molecule has 1 unspecified atom stereocenters. The second kappa shape index (κ2) is 7.77. The molecule has 0 bridgehead atoms. The summed E-state index contributed by atoms with van der Waals surface area (Å²) in [4.78, 5) is 0. The summed E-state index contributed by atoms with van der Waals surface area (Å²) in [6, 6.07) is 28.6. The highest BCUT2D eigenvalue weighted by atomic mass is 29.3. The van der Waals surface area contributed by atoms with E-state index in [9.17, 15) is 0 Å². The summed E-state index contributed by atoms with van der Waals surface area (Å²) < 4.78 is 0. The molecular formula is C25H36Si3. The minimum atomic E-state index is -1.81. The highest BCUT2D eigenvalue weighted by Gasteiger charge is 2.47. The molecule has 0 aliphatic heterocycles. The van der Waals surface area contributed by atoms with Crippen LogP contribution in [0.2, 0.25) is 51.4 Å². The van der Waals surface area contributed by atoms with Gasteiger partial charge in [0, 0.05) is 8.07 Å². The van der Waals surface area contributed by atoms with Crippen molar-refractivity contribution in [3.63, 3.8) is 0 Å². The van der Waals surface area contributed by atoms with Gasteiger partial charge in [-0.3, -0.25) is 0 Å². The van der Waals surface area contributed by atoms with Gasteiger partial charge in [-0.25, -0.2) is 0 Å². The molecule has 0 nitrogen and oxygen atoms in total. The minimum absolute atomic E-state index is 1.04. The number of fused-ring (bicyclic) bond motifs is 1. The first kappa shape index (κ1) is 21.3. The zero-order valence-electron chi connectivity index (χ0n) is 18.8. The molecule has 0 fully saturated rings. The van der Waals surface area contributed by atoms with Crippen molar-refractivity contribution in [1.29, 1.82) is 0 Å². The molecule has 0 radical (unpaired) electrons. The van der Waals surface area contributed by atoms with E-state index in [0.717, 1.165) is 0 Å². The van der Waals surface area contributed by atoms with Crippen molar-refractivity contribution < 1.29 is 0 Å². The van der Waals surface area contributed by atoms with E-state index in [-0.39, 0.29) is 0 Å². The average Bonchev–Trinajstić information content (AvgIpc) is 2.65. The second-order valence-corrected chi connectivity index (χ2v) is 30.9. The van der Waals surface area contributed by atoms with Crippen LogP contribution in [-0.4, -0.2) is 23.3 Å². The van der Waals surface area contributed by atoms with Crippen LogP contribution in [0.3, 0.4) is 0 Å². The molecule has 0 heterocycles. The van der Waals surface area contributed by atoms with Gasteiger partial charge in [-0.1, -0.05) is 134 Å². The molecule has 0 aliphatic rings. The summed E-state index contributed by atoms with van der Waals surface area (Å²) in [5.74, 6) is 0. The van der Waals surface area contributed by atoms with Gasteiger partial charge in [-0.15, -0.1) is 0 Å². The Morgan fingerprint density at radius 3 is 1.79 bits per heavy atom. The van der Waals surface area contributed by atoms with Gasteiger partial charge < -0.3 is 0 Å². The SMILES string of the molecule is Cc1ccc([Si](C)(c2ccc3ccccc3c2)[Si](C)(C)CC[Si](C)(C)C)cc1. The van der Waals surface area contributed by atoms with Gasteiger partial charge in [0.05, 0.1) is 7.59 Å². The predicted molar refractivity (Wildman–Crippen MR) is 136 cm³/mol. The lowest BCUT2D eigenvalue weighted by molar-refractivity contribution is 1.29. The van der Waals surface area contributed by atoms with E-state index in [0.29, 0.717) is 0 Å². The van der Waals surface area contributed by atoms with Crippen LogP contribution in [0.5, 0.6) is 0 Å². The third kappa shape index (κ3) is 4.27. The van der Waals surface area contributed by atoms with E-state index >= 15 is 0 Å². The standard InChI is InChI=1S/C25H36Si3/c1-21-12-15-24(16-13-21)28(7,27(5,6)19-18-26(2,3)4)25-17-14-22-10-8-9-11-23(22)20-25/h8-17,20H,18-19H2,1-7H3. The first-order valence-corrected chi connectivity index (χ1v) is 21.0. The number of rotatable bonds is 6. The molecule has 3 rings (SSSR count).